The molecule has 2 aromatic rings. The minimum Gasteiger partial charge on any atom is -0.497 e. The summed E-state index contributed by atoms with van der Waals surface area (Å²) in [6, 6.07) is 16.9. The van der Waals surface area contributed by atoms with E-state index in [1.165, 1.54) is 0 Å². The number of hydrogen-bond donors (Lipinski definition) is 0. The zero-order valence-corrected chi connectivity index (χ0v) is 17.5. The molecule has 0 fully saturated rings. The van der Waals surface area contributed by atoms with E-state index in [0.29, 0.717) is 5.56 Å². The average Bonchev–Trinajstić information content (AvgIpc) is 2.78. The number of hydrogen-bond acceptors (Lipinski definition) is 4. The molecule has 4 nitrogen and oxygen atoms in total. The van der Waals surface area contributed by atoms with Crippen molar-refractivity contribution < 1.29 is 4.74 Å². The molecule has 0 aliphatic carbocycles. The molecule has 0 unspecified atom stereocenters. The molecule has 0 aromatic heterocycles. The van der Waals surface area contributed by atoms with Gasteiger partial charge in [0.1, 0.15) is 5.75 Å². The van der Waals surface area contributed by atoms with E-state index >= 15 is 0 Å². The van der Waals surface area contributed by atoms with Gasteiger partial charge in [-0.15, -0.1) is 0 Å². The van der Waals surface area contributed by atoms with Crippen LogP contribution in [-0.2, 0) is 0 Å². The summed E-state index contributed by atoms with van der Waals surface area (Å²) in [6.07, 6.45) is 15.4. The molecule has 4 heteroatoms. The SMILES string of the molecule is C\C=C/C(=C/C=N/c1cccc(C#N)c1)C(/C=C\C)=C/C=N/c1ccc(OC)cc1. The monoisotopic (exact) mass is 395 g/mol. The van der Waals surface area contributed by atoms with Crippen molar-refractivity contribution in [3.63, 3.8) is 0 Å². The predicted octanol–water partition coefficient (Wildman–Crippen LogP) is 6.68. The Morgan fingerprint density at radius 1 is 0.867 bits per heavy atom. The summed E-state index contributed by atoms with van der Waals surface area (Å²) < 4.78 is 5.17. The molecule has 0 saturated heterocycles. The van der Waals surface area contributed by atoms with Crippen LogP contribution in [-0.4, -0.2) is 19.5 Å². The van der Waals surface area contributed by atoms with E-state index in [4.69, 9.17) is 10.00 Å². The molecule has 0 radical (unpaired) electrons. The normalized spacial score (nSPS) is 13.0. The maximum atomic E-state index is 9.01. The van der Waals surface area contributed by atoms with Gasteiger partial charge >= 0.3 is 0 Å². The Labute approximate surface area is 178 Å². The van der Waals surface area contributed by atoms with Crippen molar-refractivity contribution in [1.29, 1.82) is 5.26 Å². The maximum Gasteiger partial charge on any atom is 0.119 e. The van der Waals surface area contributed by atoms with E-state index < -0.39 is 0 Å². The van der Waals surface area contributed by atoms with Gasteiger partial charge < -0.3 is 4.74 Å². The number of ether oxygens (including phenoxy) is 1. The first-order valence-electron chi connectivity index (χ1n) is 9.59. The number of aliphatic imine (C=N–C) groups is 2. The molecule has 150 valence electrons. The third-order valence-electron chi connectivity index (χ3n) is 4.03. The van der Waals surface area contributed by atoms with Crippen LogP contribution < -0.4 is 4.74 Å². The van der Waals surface area contributed by atoms with Crippen LogP contribution in [0.3, 0.4) is 0 Å². The highest BCUT2D eigenvalue weighted by molar-refractivity contribution is 5.82. The van der Waals surface area contributed by atoms with Crippen LogP contribution in [0.5, 0.6) is 5.75 Å². The van der Waals surface area contributed by atoms with Gasteiger partial charge in [0.2, 0.25) is 0 Å². The second kappa shape index (κ2) is 12.5. The standard InChI is InChI=1S/C26H25N3O/c1-4-7-22(15-17-28-24-11-13-26(30-3)14-12-24)23(8-5-2)16-18-29-25-10-6-9-21(19-25)20-27/h4-19H,1-3H3/b7-4-,8-5-,22-15+,23-16-,28-17+,29-18+. The molecule has 2 aromatic carbocycles. The second-order valence-electron chi connectivity index (χ2n) is 6.16. The van der Waals surface area contributed by atoms with Crippen LogP contribution >= 0.6 is 0 Å². The Kier molecular flexibility index (Phi) is 9.29. The van der Waals surface area contributed by atoms with Gasteiger partial charge in [-0.3, -0.25) is 9.98 Å². The molecule has 0 spiro atoms. The first-order valence-corrected chi connectivity index (χ1v) is 9.59. The van der Waals surface area contributed by atoms with E-state index in [9.17, 15) is 0 Å². The smallest absolute Gasteiger partial charge is 0.119 e. The van der Waals surface area contributed by atoms with Gasteiger partial charge in [-0.25, -0.2) is 0 Å². The predicted molar refractivity (Wildman–Crippen MR) is 126 cm³/mol. The van der Waals surface area contributed by atoms with Crippen molar-refractivity contribution in [1.82, 2.24) is 0 Å². The Morgan fingerprint density at radius 3 is 2.00 bits per heavy atom. The largest absolute Gasteiger partial charge is 0.497 e. The quantitative estimate of drug-likeness (QED) is 0.370. The molecule has 0 saturated carbocycles. The highest BCUT2D eigenvalue weighted by Gasteiger charge is 1.97. The van der Waals surface area contributed by atoms with Crippen molar-refractivity contribution in [3.8, 4) is 11.8 Å². The molecule has 0 aliphatic heterocycles. The van der Waals surface area contributed by atoms with Gasteiger partial charge in [-0.1, -0.05) is 30.4 Å². The van der Waals surface area contributed by atoms with Gasteiger partial charge in [0, 0.05) is 12.4 Å². The molecule has 0 bridgehead atoms. The number of nitrogens with zero attached hydrogens (tertiary/aromatic N) is 3. The fourth-order valence-electron chi connectivity index (χ4n) is 2.59. The molecule has 30 heavy (non-hydrogen) atoms. The molecular formula is C26H25N3O. The summed E-state index contributed by atoms with van der Waals surface area (Å²) in [5.74, 6) is 0.803. The number of methoxy groups -OCH3 is 1. The molecule has 2 rings (SSSR count). The highest BCUT2D eigenvalue weighted by Crippen LogP contribution is 2.18. The van der Waals surface area contributed by atoms with Crippen LogP contribution in [0.1, 0.15) is 19.4 Å². The van der Waals surface area contributed by atoms with Crippen LogP contribution in [0.2, 0.25) is 0 Å². The van der Waals surface area contributed by atoms with Crippen molar-refractivity contribution in [3.05, 3.63) is 102 Å². The summed E-state index contributed by atoms with van der Waals surface area (Å²) in [5, 5.41) is 9.01. The van der Waals surface area contributed by atoms with E-state index in [-0.39, 0.29) is 0 Å². The van der Waals surface area contributed by atoms with Gasteiger partial charge in [0.25, 0.3) is 0 Å². The van der Waals surface area contributed by atoms with Crippen LogP contribution in [0.4, 0.5) is 11.4 Å². The maximum absolute atomic E-state index is 9.01. The van der Waals surface area contributed by atoms with Crippen molar-refractivity contribution in [2.24, 2.45) is 9.98 Å². The number of benzene rings is 2. The average molecular weight is 396 g/mol. The van der Waals surface area contributed by atoms with Crippen molar-refractivity contribution in [2.75, 3.05) is 7.11 Å². The lowest BCUT2D eigenvalue weighted by Gasteiger charge is -2.02. The Morgan fingerprint density at radius 2 is 1.47 bits per heavy atom. The minimum atomic E-state index is 0.589. The summed E-state index contributed by atoms with van der Waals surface area (Å²) in [4.78, 5) is 8.93. The lowest BCUT2D eigenvalue weighted by Crippen LogP contribution is -1.86. The number of rotatable bonds is 8. The zero-order valence-electron chi connectivity index (χ0n) is 17.5. The Bertz CT molecular complexity index is 1050. The van der Waals surface area contributed by atoms with E-state index in [1.54, 1.807) is 31.7 Å². The van der Waals surface area contributed by atoms with E-state index in [0.717, 1.165) is 28.3 Å². The third kappa shape index (κ3) is 7.21. The van der Waals surface area contributed by atoms with E-state index in [2.05, 4.69) is 16.1 Å². The Hall–Kier alpha value is -3.97. The van der Waals surface area contributed by atoms with Gasteiger partial charge in [-0.05, 0) is 79.6 Å². The summed E-state index contributed by atoms with van der Waals surface area (Å²) >= 11 is 0. The molecule has 0 heterocycles. The summed E-state index contributed by atoms with van der Waals surface area (Å²) in [7, 11) is 1.64. The lowest BCUT2D eigenvalue weighted by atomic mass is 10.0. The van der Waals surface area contributed by atoms with Crippen LogP contribution in [0.25, 0.3) is 0 Å². The highest BCUT2D eigenvalue weighted by atomic mass is 16.5. The fourth-order valence-corrected chi connectivity index (χ4v) is 2.59. The van der Waals surface area contributed by atoms with Gasteiger partial charge in [0.05, 0.1) is 30.1 Å². The number of nitriles is 1. The van der Waals surface area contributed by atoms with Crippen molar-refractivity contribution in [2.45, 2.75) is 13.8 Å². The van der Waals surface area contributed by atoms with Gasteiger partial charge in [-0.2, -0.15) is 5.26 Å². The zero-order chi connectivity index (χ0) is 21.6. The number of allylic oxidation sites excluding steroid dienone is 8. The summed E-state index contributed by atoms with van der Waals surface area (Å²) in [6.45, 7) is 3.95. The fraction of sp³-hybridized carbons (Fsp3) is 0.115. The third-order valence-corrected chi connectivity index (χ3v) is 4.03. The molecule has 0 atom stereocenters. The van der Waals surface area contributed by atoms with Crippen molar-refractivity contribution >= 4 is 23.8 Å². The Balaban J connectivity index is 2.26. The molecule has 0 aliphatic rings. The van der Waals surface area contributed by atoms with E-state index in [1.807, 2.05) is 86.7 Å². The summed E-state index contributed by atoms with van der Waals surface area (Å²) in [5.41, 5.74) is 4.18. The lowest BCUT2D eigenvalue weighted by molar-refractivity contribution is 0.415. The molecular weight excluding hydrogens is 370 g/mol. The molecule has 0 amide bonds. The first kappa shape index (κ1) is 22.3. The molecule has 0 N–H and O–H groups in total. The first-order chi connectivity index (χ1) is 14.7. The van der Waals surface area contributed by atoms with Gasteiger partial charge in [0.15, 0.2) is 0 Å². The van der Waals surface area contributed by atoms with Crippen LogP contribution in [0.15, 0.2) is 106 Å². The second-order valence-corrected chi connectivity index (χ2v) is 6.16. The topological polar surface area (TPSA) is 57.7 Å². The minimum absolute atomic E-state index is 0.589. The van der Waals surface area contributed by atoms with Crippen LogP contribution in [0, 0.1) is 11.3 Å².